The predicted octanol–water partition coefficient (Wildman–Crippen LogP) is 6.10. The van der Waals surface area contributed by atoms with Crippen molar-refractivity contribution in [3.63, 3.8) is 0 Å². The number of H-pyrrole nitrogens is 2. The first kappa shape index (κ1) is 21.5. The van der Waals surface area contributed by atoms with E-state index in [9.17, 15) is 0 Å². The highest BCUT2D eigenvalue weighted by Gasteiger charge is 2.21. The summed E-state index contributed by atoms with van der Waals surface area (Å²) < 4.78 is 2.47. The maximum absolute atomic E-state index is 5.11. The van der Waals surface area contributed by atoms with Gasteiger partial charge in [0.25, 0.3) is 0 Å². The summed E-state index contributed by atoms with van der Waals surface area (Å²) in [6, 6.07) is 17.2. The molecule has 0 saturated carbocycles. The van der Waals surface area contributed by atoms with Crippen LogP contribution in [0.3, 0.4) is 0 Å². The third-order valence-corrected chi connectivity index (χ3v) is 6.03. The van der Waals surface area contributed by atoms with Gasteiger partial charge in [0.1, 0.15) is 0 Å². The Morgan fingerprint density at radius 1 is 0.903 bits per heavy atom. The monoisotopic (exact) mass is 453 g/mol. The molecule has 0 aliphatic rings. The summed E-state index contributed by atoms with van der Waals surface area (Å²) in [5, 5.41) is 12.9. The molecule has 0 unspecified atom stereocenters. The normalized spacial score (nSPS) is 11.7. The van der Waals surface area contributed by atoms with Crippen molar-refractivity contribution in [1.29, 1.82) is 0 Å². The second kappa shape index (κ2) is 8.08. The molecule has 2 N–H and O–H groups in total. The summed E-state index contributed by atoms with van der Waals surface area (Å²) in [6.45, 7) is 2.03. The van der Waals surface area contributed by atoms with E-state index in [2.05, 4.69) is 88.5 Å². The molecule has 0 atom stereocenters. The number of aromatic nitrogens is 4. The van der Waals surface area contributed by atoms with Gasteiger partial charge in [-0.2, -0.15) is 0 Å². The summed E-state index contributed by atoms with van der Waals surface area (Å²) in [4.78, 5) is 7.36. The number of fused-ring (bicyclic) bond motifs is 10. The minimum atomic E-state index is 0. The van der Waals surface area contributed by atoms with E-state index < -0.39 is 0 Å². The molecule has 31 heavy (non-hydrogen) atoms. The van der Waals surface area contributed by atoms with Gasteiger partial charge in [-0.05, 0) is 39.2 Å². The summed E-state index contributed by atoms with van der Waals surface area (Å²) in [5.41, 5.74) is 5.83. The van der Waals surface area contributed by atoms with E-state index in [-0.39, 0.29) is 24.8 Å². The van der Waals surface area contributed by atoms with E-state index in [0.29, 0.717) is 0 Å². The number of aryl methyl sites for hydroxylation is 1. The fraction of sp³-hybridized carbons (Fsp3) is 0.208. The highest BCUT2D eigenvalue weighted by atomic mass is 35.5. The van der Waals surface area contributed by atoms with Crippen molar-refractivity contribution in [2.75, 3.05) is 20.6 Å². The molecule has 0 saturated heterocycles. The average molecular weight is 454 g/mol. The molecule has 6 rings (SSSR count). The van der Waals surface area contributed by atoms with Gasteiger partial charge < -0.3 is 19.7 Å². The van der Waals surface area contributed by atoms with Crippen molar-refractivity contribution < 1.29 is 0 Å². The molecule has 6 aromatic rings. The van der Waals surface area contributed by atoms with Crippen LogP contribution in [-0.4, -0.2) is 45.3 Å². The zero-order valence-electron chi connectivity index (χ0n) is 17.5. The van der Waals surface area contributed by atoms with Crippen molar-refractivity contribution in [3.8, 4) is 0 Å². The van der Waals surface area contributed by atoms with Crippen LogP contribution in [-0.2, 0) is 6.54 Å². The second-order valence-corrected chi connectivity index (χ2v) is 8.10. The minimum absolute atomic E-state index is 0. The van der Waals surface area contributed by atoms with E-state index in [4.69, 9.17) is 4.98 Å². The standard InChI is InChI=1S/C24H23N5.2ClH/c1-28(2)12-7-13-29-19-11-6-4-9-16(19)21-22-17(14-25-27-22)20-15-8-3-5-10-18(15)26-23(20)24(21)29;;/h3-6,8-11,14,25,27H,7,12-13H2,1-2H3;2*1H. The fourth-order valence-electron chi connectivity index (χ4n) is 4.82. The number of nitrogens with one attached hydrogen (secondary N) is 2. The maximum Gasteiger partial charge on any atom is 0.0967 e. The molecule has 3 aromatic carbocycles. The van der Waals surface area contributed by atoms with E-state index in [1.54, 1.807) is 0 Å². The van der Waals surface area contributed by atoms with Gasteiger partial charge >= 0.3 is 0 Å². The smallest absolute Gasteiger partial charge is 0.0967 e. The van der Waals surface area contributed by atoms with Crippen molar-refractivity contribution >= 4 is 79.3 Å². The average Bonchev–Trinajstić information content (AvgIpc) is 3.41. The first-order valence-electron chi connectivity index (χ1n) is 10.2. The lowest BCUT2D eigenvalue weighted by Gasteiger charge is -2.12. The number of halogens is 2. The Kier molecular flexibility index (Phi) is 5.60. The molecular formula is C24H25Cl2N5. The predicted molar refractivity (Wildman–Crippen MR) is 136 cm³/mol. The van der Waals surface area contributed by atoms with Crippen LogP contribution in [0, 0.1) is 0 Å². The van der Waals surface area contributed by atoms with Crippen LogP contribution < -0.4 is 0 Å². The first-order valence-corrected chi connectivity index (χ1v) is 10.2. The van der Waals surface area contributed by atoms with Crippen LogP contribution in [0.2, 0.25) is 0 Å². The van der Waals surface area contributed by atoms with Crippen molar-refractivity contribution in [1.82, 2.24) is 24.6 Å². The number of aromatic amines is 2. The minimum Gasteiger partial charge on any atom is -0.339 e. The molecular weight excluding hydrogens is 429 g/mol. The molecule has 0 aliphatic heterocycles. The van der Waals surface area contributed by atoms with Crippen LogP contribution in [0.1, 0.15) is 6.42 Å². The Hall–Kier alpha value is -2.73. The lowest BCUT2D eigenvalue weighted by Crippen LogP contribution is -2.15. The fourth-order valence-corrected chi connectivity index (χ4v) is 4.82. The second-order valence-electron chi connectivity index (χ2n) is 8.10. The first-order chi connectivity index (χ1) is 14.2. The van der Waals surface area contributed by atoms with Crippen molar-refractivity contribution in [2.45, 2.75) is 13.0 Å². The molecule has 5 nitrogen and oxygen atoms in total. The highest BCUT2D eigenvalue weighted by Crippen LogP contribution is 2.42. The Morgan fingerprint density at radius 2 is 1.65 bits per heavy atom. The lowest BCUT2D eigenvalue weighted by molar-refractivity contribution is 0.389. The number of benzene rings is 3. The maximum atomic E-state index is 5.11. The van der Waals surface area contributed by atoms with Gasteiger partial charge in [-0.25, -0.2) is 4.98 Å². The molecule has 0 bridgehead atoms. The molecule has 0 fully saturated rings. The molecule has 0 spiro atoms. The number of hydrogen-bond donors (Lipinski definition) is 2. The Balaban J connectivity index is 0.00000116. The molecule has 0 radical (unpaired) electrons. The van der Waals surface area contributed by atoms with E-state index in [0.717, 1.165) is 36.1 Å². The van der Waals surface area contributed by atoms with Crippen molar-refractivity contribution in [3.05, 3.63) is 54.7 Å². The van der Waals surface area contributed by atoms with Gasteiger partial charge in [0.2, 0.25) is 0 Å². The molecule has 3 aromatic heterocycles. The van der Waals surface area contributed by atoms with Gasteiger partial charge in [-0.1, -0.05) is 36.4 Å². The Labute approximate surface area is 192 Å². The zero-order valence-corrected chi connectivity index (χ0v) is 19.1. The quantitative estimate of drug-likeness (QED) is 0.338. The van der Waals surface area contributed by atoms with Crippen LogP contribution in [0.25, 0.3) is 54.5 Å². The molecule has 3 heterocycles. The summed E-state index contributed by atoms with van der Waals surface area (Å²) in [7, 11) is 4.27. The molecule has 7 heteroatoms. The van der Waals surface area contributed by atoms with E-state index in [1.807, 2.05) is 0 Å². The van der Waals surface area contributed by atoms with Crippen LogP contribution in [0.15, 0.2) is 54.7 Å². The lowest BCUT2D eigenvalue weighted by atomic mass is 10.0. The van der Waals surface area contributed by atoms with Crippen LogP contribution >= 0.6 is 24.8 Å². The van der Waals surface area contributed by atoms with E-state index in [1.165, 1.54) is 38.0 Å². The van der Waals surface area contributed by atoms with Gasteiger partial charge in [0.15, 0.2) is 0 Å². The van der Waals surface area contributed by atoms with Crippen LogP contribution in [0.4, 0.5) is 0 Å². The third-order valence-electron chi connectivity index (χ3n) is 6.03. The van der Waals surface area contributed by atoms with Gasteiger partial charge in [0.05, 0.1) is 22.1 Å². The SMILES string of the molecule is CN(C)CCCn1c2ccccc2c2c3[nH][nH]cc3c3c4ccccc4nc3c21.Cl.Cl. The Morgan fingerprint density at radius 3 is 2.45 bits per heavy atom. The summed E-state index contributed by atoms with van der Waals surface area (Å²) >= 11 is 0. The van der Waals surface area contributed by atoms with Crippen molar-refractivity contribution in [2.24, 2.45) is 0 Å². The summed E-state index contributed by atoms with van der Waals surface area (Å²) in [6.07, 6.45) is 3.17. The Bertz CT molecular complexity index is 1520. The van der Waals surface area contributed by atoms with Crippen LogP contribution in [0.5, 0.6) is 0 Å². The highest BCUT2D eigenvalue weighted by molar-refractivity contribution is 6.34. The molecule has 160 valence electrons. The molecule has 0 amide bonds. The zero-order chi connectivity index (χ0) is 19.5. The number of hydrogen-bond acceptors (Lipinski definition) is 2. The number of nitrogens with zero attached hydrogens (tertiary/aromatic N) is 3. The topological polar surface area (TPSA) is 52.6 Å². The number of rotatable bonds is 4. The van der Waals surface area contributed by atoms with Gasteiger partial charge in [0, 0.05) is 45.2 Å². The summed E-state index contributed by atoms with van der Waals surface area (Å²) in [5.74, 6) is 0. The van der Waals surface area contributed by atoms with Gasteiger partial charge in [-0.3, -0.25) is 0 Å². The molecule has 0 aliphatic carbocycles. The largest absolute Gasteiger partial charge is 0.339 e. The number of para-hydroxylation sites is 2. The van der Waals surface area contributed by atoms with Gasteiger partial charge in [-0.15, -0.1) is 24.8 Å². The van der Waals surface area contributed by atoms with E-state index >= 15 is 0 Å². The third kappa shape index (κ3) is 3.07.